The van der Waals surface area contributed by atoms with E-state index in [4.69, 9.17) is 13.9 Å². The largest absolute Gasteiger partial charge is 0.497 e. The van der Waals surface area contributed by atoms with Gasteiger partial charge in [-0.15, -0.1) is 10.2 Å². The molecule has 2 heterocycles. The van der Waals surface area contributed by atoms with E-state index in [1.165, 1.54) is 12.3 Å². The minimum Gasteiger partial charge on any atom is -0.497 e. The summed E-state index contributed by atoms with van der Waals surface area (Å²) in [5.74, 6) is 1.21. The lowest BCUT2D eigenvalue weighted by Gasteiger charge is -2.10. The average Bonchev–Trinajstić information content (AvgIpc) is 3.36. The number of aromatic nitrogens is 3. The van der Waals surface area contributed by atoms with E-state index < -0.39 is 5.97 Å². The second kappa shape index (κ2) is 8.66. The number of carbonyl (C=O) groups is 1. The molecule has 0 saturated carbocycles. The summed E-state index contributed by atoms with van der Waals surface area (Å²) in [5, 5.41) is 18.4. The molecule has 9 heteroatoms. The number of hydrogen-bond donors (Lipinski definition) is 1. The van der Waals surface area contributed by atoms with Crippen LogP contribution in [0.1, 0.15) is 12.7 Å². The van der Waals surface area contributed by atoms with Gasteiger partial charge in [-0.3, -0.25) is 0 Å². The van der Waals surface area contributed by atoms with Gasteiger partial charge >= 0.3 is 5.97 Å². The Kier molecular flexibility index (Phi) is 6.05. The predicted molar refractivity (Wildman–Crippen MR) is 104 cm³/mol. The first-order valence-electron chi connectivity index (χ1n) is 8.38. The Morgan fingerprint density at radius 1 is 1.25 bits per heavy atom. The minimum atomic E-state index is -1.07. The lowest BCUT2D eigenvalue weighted by atomic mass is 10.2. The number of furan rings is 1. The Morgan fingerprint density at radius 2 is 1.96 bits per heavy atom. The molecule has 0 aliphatic rings. The van der Waals surface area contributed by atoms with Crippen LogP contribution < -0.4 is 9.47 Å². The van der Waals surface area contributed by atoms with Crippen molar-refractivity contribution in [1.29, 1.82) is 0 Å². The molecule has 0 radical (unpaired) electrons. The van der Waals surface area contributed by atoms with Crippen molar-refractivity contribution in [3.63, 3.8) is 0 Å². The van der Waals surface area contributed by atoms with Gasteiger partial charge in [0.15, 0.2) is 11.0 Å². The molecule has 1 N–H and O–H groups in total. The van der Waals surface area contributed by atoms with Crippen LogP contribution in [0.5, 0.6) is 11.5 Å². The molecular weight excluding hydrogens is 382 g/mol. The number of carboxylic acids is 1. The van der Waals surface area contributed by atoms with Crippen LogP contribution in [-0.4, -0.2) is 40.1 Å². The van der Waals surface area contributed by atoms with Crippen LogP contribution in [0, 0.1) is 0 Å². The maximum atomic E-state index is 11.7. The summed E-state index contributed by atoms with van der Waals surface area (Å²) in [5.41, 5.74) is 0.754. The van der Waals surface area contributed by atoms with Gasteiger partial charge in [-0.1, -0.05) is 0 Å². The van der Waals surface area contributed by atoms with Crippen molar-refractivity contribution in [3.05, 3.63) is 47.3 Å². The molecule has 8 nitrogen and oxygen atoms in total. The fourth-order valence-electron chi connectivity index (χ4n) is 2.54. The molecule has 3 aromatic rings. The number of benzene rings is 1. The predicted octanol–water partition coefficient (Wildman–Crippen LogP) is 3.79. The standard InChI is InChI=1S/C19H19N3O5S/c1-4-22-17(12-8-14(25-2)10-15(9-12)26-3)20-21-19(22)28-16(18(23)24)11-13-6-5-7-27-13/h5-11H,4H2,1-3H3,(H,23,24)/b16-11+. The van der Waals surface area contributed by atoms with Crippen LogP contribution in [0.15, 0.2) is 51.1 Å². The normalized spacial score (nSPS) is 11.5. The van der Waals surface area contributed by atoms with Crippen LogP contribution in [-0.2, 0) is 11.3 Å². The van der Waals surface area contributed by atoms with E-state index in [0.717, 1.165) is 17.3 Å². The first kappa shape index (κ1) is 19.6. The quantitative estimate of drug-likeness (QED) is 0.449. The van der Waals surface area contributed by atoms with Crippen molar-refractivity contribution >= 4 is 23.8 Å². The highest BCUT2D eigenvalue weighted by Gasteiger charge is 2.19. The third-order valence-electron chi connectivity index (χ3n) is 3.87. The van der Waals surface area contributed by atoms with Gasteiger partial charge in [0.1, 0.15) is 22.2 Å². The Bertz CT molecular complexity index is 973. The van der Waals surface area contributed by atoms with Gasteiger partial charge in [-0.2, -0.15) is 0 Å². The van der Waals surface area contributed by atoms with E-state index in [1.54, 1.807) is 32.4 Å². The molecular formula is C19H19N3O5S. The zero-order valence-electron chi connectivity index (χ0n) is 15.6. The number of nitrogens with zero attached hydrogens (tertiary/aromatic N) is 3. The number of methoxy groups -OCH3 is 2. The van der Waals surface area contributed by atoms with Gasteiger partial charge in [0, 0.05) is 24.3 Å². The van der Waals surface area contributed by atoms with Gasteiger partial charge in [0.05, 0.1) is 20.5 Å². The molecule has 0 amide bonds. The highest BCUT2D eigenvalue weighted by atomic mass is 32.2. The van der Waals surface area contributed by atoms with Crippen molar-refractivity contribution in [3.8, 4) is 22.9 Å². The number of aliphatic carboxylic acids is 1. The van der Waals surface area contributed by atoms with E-state index >= 15 is 0 Å². The van der Waals surface area contributed by atoms with Crippen LogP contribution >= 0.6 is 11.8 Å². The molecule has 3 rings (SSSR count). The zero-order chi connectivity index (χ0) is 20.1. The highest BCUT2D eigenvalue weighted by Crippen LogP contribution is 2.33. The average molecular weight is 401 g/mol. The molecule has 0 spiro atoms. The molecule has 0 saturated heterocycles. The summed E-state index contributed by atoms with van der Waals surface area (Å²) in [6.07, 6.45) is 2.94. The highest BCUT2D eigenvalue weighted by molar-refractivity contribution is 8.04. The van der Waals surface area contributed by atoms with Crippen molar-refractivity contribution in [2.75, 3.05) is 14.2 Å². The summed E-state index contributed by atoms with van der Waals surface area (Å²) < 4.78 is 17.7. The second-order valence-electron chi connectivity index (χ2n) is 5.58. The Morgan fingerprint density at radius 3 is 2.50 bits per heavy atom. The van der Waals surface area contributed by atoms with E-state index in [1.807, 2.05) is 23.6 Å². The lowest BCUT2D eigenvalue weighted by molar-refractivity contribution is -0.131. The lowest BCUT2D eigenvalue weighted by Crippen LogP contribution is -2.03. The Balaban J connectivity index is 1.99. The zero-order valence-corrected chi connectivity index (χ0v) is 16.4. The third-order valence-corrected chi connectivity index (χ3v) is 4.87. The number of rotatable bonds is 8. The maximum Gasteiger partial charge on any atom is 0.342 e. The van der Waals surface area contributed by atoms with Crippen molar-refractivity contribution < 1.29 is 23.8 Å². The first-order chi connectivity index (χ1) is 13.5. The molecule has 0 aliphatic heterocycles. The Labute approximate surface area is 165 Å². The Hall–Kier alpha value is -3.20. The van der Waals surface area contributed by atoms with Gasteiger partial charge in [0.25, 0.3) is 0 Å². The molecule has 0 aliphatic carbocycles. The molecule has 0 fully saturated rings. The summed E-state index contributed by atoms with van der Waals surface area (Å²) in [4.78, 5) is 11.7. The molecule has 146 valence electrons. The summed E-state index contributed by atoms with van der Waals surface area (Å²) in [6, 6.07) is 8.79. The fraction of sp³-hybridized carbons (Fsp3) is 0.211. The van der Waals surface area contributed by atoms with Crippen LogP contribution in [0.2, 0.25) is 0 Å². The van der Waals surface area contributed by atoms with Crippen molar-refractivity contribution in [2.45, 2.75) is 18.6 Å². The molecule has 0 bridgehead atoms. The van der Waals surface area contributed by atoms with Crippen LogP contribution in [0.25, 0.3) is 17.5 Å². The van der Waals surface area contributed by atoms with Gasteiger partial charge in [0.2, 0.25) is 0 Å². The number of carboxylic acid groups (broad SMARTS) is 1. The van der Waals surface area contributed by atoms with Crippen LogP contribution in [0.4, 0.5) is 0 Å². The third kappa shape index (κ3) is 4.20. The van der Waals surface area contributed by atoms with Gasteiger partial charge in [-0.05, 0) is 43.0 Å². The number of thioether (sulfide) groups is 1. The molecule has 1 aromatic carbocycles. The smallest absolute Gasteiger partial charge is 0.342 e. The second-order valence-corrected chi connectivity index (χ2v) is 6.59. The molecule has 28 heavy (non-hydrogen) atoms. The van der Waals surface area contributed by atoms with E-state index in [0.29, 0.717) is 34.8 Å². The van der Waals surface area contributed by atoms with Gasteiger partial charge in [-0.25, -0.2) is 4.79 Å². The molecule has 0 unspecified atom stereocenters. The van der Waals surface area contributed by atoms with E-state index in [-0.39, 0.29) is 4.91 Å². The number of ether oxygens (including phenoxy) is 2. The summed E-state index contributed by atoms with van der Waals surface area (Å²) in [7, 11) is 3.14. The van der Waals surface area contributed by atoms with E-state index in [9.17, 15) is 9.90 Å². The van der Waals surface area contributed by atoms with Crippen LogP contribution in [0.3, 0.4) is 0 Å². The van der Waals surface area contributed by atoms with Gasteiger partial charge < -0.3 is 23.6 Å². The topological polar surface area (TPSA) is 99.6 Å². The maximum absolute atomic E-state index is 11.7. The minimum absolute atomic E-state index is 0.0758. The first-order valence-corrected chi connectivity index (χ1v) is 9.20. The van der Waals surface area contributed by atoms with Crippen molar-refractivity contribution in [2.24, 2.45) is 0 Å². The van der Waals surface area contributed by atoms with Crippen molar-refractivity contribution in [1.82, 2.24) is 14.8 Å². The SMILES string of the molecule is CCn1c(S/C(=C/c2ccco2)C(=O)O)nnc1-c1cc(OC)cc(OC)c1. The molecule has 2 aromatic heterocycles. The monoisotopic (exact) mass is 401 g/mol. The number of hydrogen-bond acceptors (Lipinski definition) is 7. The van der Waals surface area contributed by atoms with E-state index in [2.05, 4.69) is 10.2 Å². The summed E-state index contributed by atoms with van der Waals surface area (Å²) >= 11 is 1.01. The summed E-state index contributed by atoms with van der Waals surface area (Å²) in [6.45, 7) is 2.49. The molecule has 0 atom stereocenters. The fourth-order valence-corrected chi connectivity index (χ4v) is 3.40.